The molecule has 2 amide bonds. The van der Waals surface area contributed by atoms with E-state index in [0.29, 0.717) is 22.7 Å². The molecular weight excluding hydrogens is 418 g/mol. The van der Waals surface area contributed by atoms with Crippen LogP contribution in [-0.4, -0.2) is 40.0 Å². The zero-order valence-electron chi connectivity index (χ0n) is 16.5. The minimum absolute atomic E-state index is 0.148. The summed E-state index contributed by atoms with van der Waals surface area (Å²) in [6, 6.07) is 15.8. The third kappa shape index (κ3) is 5.91. The minimum atomic E-state index is -0.688. The molecule has 156 valence electrons. The van der Waals surface area contributed by atoms with Crippen LogP contribution in [0.1, 0.15) is 22.3 Å². The lowest BCUT2D eigenvalue weighted by Gasteiger charge is -2.17. The second-order valence-corrected chi connectivity index (χ2v) is 8.40. The van der Waals surface area contributed by atoms with E-state index in [2.05, 4.69) is 15.6 Å². The van der Waals surface area contributed by atoms with E-state index in [9.17, 15) is 14.7 Å². The largest absolute Gasteiger partial charge is 0.392 e. The maximum absolute atomic E-state index is 12.8. The molecule has 8 heteroatoms. The highest BCUT2D eigenvalue weighted by Crippen LogP contribution is 2.24. The number of thiazole rings is 1. The summed E-state index contributed by atoms with van der Waals surface area (Å²) in [6.45, 7) is -0.148. The number of carbonyl (C=O) groups excluding carboxylic acids is 2. The minimum Gasteiger partial charge on any atom is -0.392 e. The highest BCUT2D eigenvalue weighted by Gasteiger charge is 2.22. The molecule has 2 aromatic carbocycles. The Kier molecular flexibility index (Phi) is 8.01. The van der Waals surface area contributed by atoms with Crippen LogP contribution in [0.5, 0.6) is 0 Å². The summed E-state index contributed by atoms with van der Waals surface area (Å²) in [6.07, 6.45) is 2.45. The number of benzene rings is 2. The van der Waals surface area contributed by atoms with Gasteiger partial charge in [0.05, 0.1) is 12.3 Å². The number of aliphatic hydroxyl groups is 1. The van der Waals surface area contributed by atoms with Crippen molar-refractivity contribution in [2.75, 3.05) is 17.3 Å². The van der Waals surface area contributed by atoms with Crippen LogP contribution in [0.2, 0.25) is 0 Å². The first-order valence-corrected chi connectivity index (χ1v) is 11.7. The monoisotopic (exact) mass is 441 g/mol. The quantitative estimate of drug-likeness (QED) is 0.470. The van der Waals surface area contributed by atoms with E-state index in [-0.39, 0.29) is 18.4 Å². The zero-order chi connectivity index (χ0) is 21.3. The topological polar surface area (TPSA) is 91.3 Å². The van der Waals surface area contributed by atoms with Crippen LogP contribution >= 0.6 is 23.1 Å². The van der Waals surface area contributed by atoms with Crippen LogP contribution in [0.25, 0.3) is 11.3 Å². The Morgan fingerprint density at radius 2 is 1.97 bits per heavy atom. The van der Waals surface area contributed by atoms with Gasteiger partial charge in [0.15, 0.2) is 5.13 Å². The van der Waals surface area contributed by atoms with Gasteiger partial charge in [-0.1, -0.05) is 42.5 Å². The van der Waals surface area contributed by atoms with Gasteiger partial charge in [-0.25, -0.2) is 4.98 Å². The lowest BCUT2D eigenvalue weighted by molar-refractivity contribution is -0.118. The normalized spacial score (nSPS) is 11.7. The molecule has 0 fully saturated rings. The molecule has 1 heterocycles. The van der Waals surface area contributed by atoms with Gasteiger partial charge in [-0.3, -0.25) is 9.59 Å². The Balaban J connectivity index is 1.69. The number of carbonyl (C=O) groups is 2. The summed E-state index contributed by atoms with van der Waals surface area (Å²) < 4.78 is 0. The predicted octanol–water partition coefficient (Wildman–Crippen LogP) is 3.79. The van der Waals surface area contributed by atoms with Crippen molar-refractivity contribution < 1.29 is 14.7 Å². The summed E-state index contributed by atoms with van der Waals surface area (Å²) in [4.78, 5) is 30.0. The highest BCUT2D eigenvalue weighted by atomic mass is 32.2. The van der Waals surface area contributed by atoms with Crippen molar-refractivity contribution in [2.24, 2.45) is 0 Å². The number of aromatic nitrogens is 1. The smallest absolute Gasteiger partial charge is 0.251 e. The first-order valence-electron chi connectivity index (χ1n) is 9.42. The Morgan fingerprint density at radius 1 is 1.17 bits per heavy atom. The van der Waals surface area contributed by atoms with Crippen LogP contribution < -0.4 is 10.6 Å². The number of nitrogens with one attached hydrogen (secondary N) is 2. The van der Waals surface area contributed by atoms with E-state index in [1.807, 2.05) is 42.0 Å². The standard InChI is InChI=1S/C22H23N3O3S2/c1-29-11-10-18(23-20(27)17-9-5-6-15(12-17)13-26)21(28)25-22-24-19(14-30-22)16-7-3-2-4-8-16/h2-9,12,14,18,26H,10-11,13H2,1H3,(H,23,27)(H,24,25,28). The van der Waals surface area contributed by atoms with Crippen LogP contribution in [0.3, 0.4) is 0 Å². The number of amides is 2. The molecule has 1 unspecified atom stereocenters. The number of hydrogen-bond acceptors (Lipinski definition) is 6. The fourth-order valence-electron chi connectivity index (χ4n) is 2.82. The average Bonchev–Trinajstić information content (AvgIpc) is 3.25. The fraction of sp³-hybridized carbons (Fsp3) is 0.227. The van der Waals surface area contributed by atoms with Crippen molar-refractivity contribution in [3.63, 3.8) is 0 Å². The van der Waals surface area contributed by atoms with E-state index in [0.717, 1.165) is 17.0 Å². The van der Waals surface area contributed by atoms with Gasteiger partial charge in [0, 0.05) is 16.5 Å². The number of rotatable bonds is 9. The molecule has 0 bridgehead atoms. The lowest BCUT2D eigenvalue weighted by atomic mass is 10.1. The SMILES string of the molecule is CSCCC(NC(=O)c1cccc(CO)c1)C(=O)Nc1nc(-c2ccccc2)cs1. The molecular formula is C22H23N3O3S2. The predicted molar refractivity (Wildman–Crippen MR) is 123 cm³/mol. The molecule has 1 atom stereocenters. The molecule has 3 N–H and O–H groups in total. The summed E-state index contributed by atoms with van der Waals surface area (Å²) in [5.74, 6) is 0.0719. The second-order valence-electron chi connectivity index (χ2n) is 6.56. The molecule has 0 spiro atoms. The molecule has 30 heavy (non-hydrogen) atoms. The van der Waals surface area contributed by atoms with E-state index < -0.39 is 6.04 Å². The van der Waals surface area contributed by atoms with Gasteiger partial charge in [0.1, 0.15) is 6.04 Å². The first-order chi connectivity index (χ1) is 14.6. The zero-order valence-corrected chi connectivity index (χ0v) is 18.1. The Morgan fingerprint density at radius 3 is 2.70 bits per heavy atom. The number of thioether (sulfide) groups is 1. The molecule has 1 aromatic heterocycles. The third-order valence-electron chi connectivity index (χ3n) is 4.41. The van der Waals surface area contributed by atoms with E-state index in [4.69, 9.17) is 0 Å². The molecule has 0 aliphatic heterocycles. The van der Waals surface area contributed by atoms with Crippen molar-refractivity contribution in [1.82, 2.24) is 10.3 Å². The van der Waals surface area contributed by atoms with Crippen molar-refractivity contribution in [3.05, 3.63) is 71.1 Å². The maximum Gasteiger partial charge on any atom is 0.251 e. The van der Waals surface area contributed by atoms with Gasteiger partial charge >= 0.3 is 0 Å². The molecule has 0 aliphatic carbocycles. The second kappa shape index (κ2) is 10.9. The highest BCUT2D eigenvalue weighted by molar-refractivity contribution is 7.98. The number of anilines is 1. The first kappa shape index (κ1) is 22.0. The van der Waals surface area contributed by atoms with Gasteiger partial charge in [-0.15, -0.1) is 11.3 Å². The van der Waals surface area contributed by atoms with Crippen molar-refractivity contribution >= 4 is 40.0 Å². The molecule has 0 saturated heterocycles. The van der Waals surface area contributed by atoms with Gasteiger partial charge < -0.3 is 15.7 Å². The third-order valence-corrected chi connectivity index (χ3v) is 5.81. The average molecular weight is 442 g/mol. The summed E-state index contributed by atoms with van der Waals surface area (Å²) in [5.41, 5.74) is 2.82. The van der Waals surface area contributed by atoms with E-state index in [1.165, 1.54) is 11.3 Å². The summed E-state index contributed by atoms with van der Waals surface area (Å²) >= 11 is 2.95. The number of hydrogen-bond donors (Lipinski definition) is 3. The van der Waals surface area contributed by atoms with Gasteiger partial charge in [0.2, 0.25) is 5.91 Å². The fourth-order valence-corrected chi connectivity index (χ4v) is 4.02. The molecule has 0 aliphatic rings. The van der Waals surface area contributed by atoms with Gasteiger partial charge in [0.25, 0.3) is 5.91 Å². The van der Waals surface area contributed by atoms with Crippen molar-refractivity contribution in [1.29, 1.82) is 0 Å². The van der Waals surface area contributed by atoms with Crippen molar-refractivity contribution in [3.8, 4) is 11.3 Å². The van der Waals surface area contributed by atoms with Crippen LogP contribution in [-0.2, 0) is 11.4 Å². The molecule has 6 nitrogen and oxygen atoms in total. The van der Waals surface area contributed by atoms with Crippen molar-refractivity contribution in [2.45, 2.75) is 19.1 Å². The van der Waals surface area contributed by atoms with E-state index >= 15 is 0 Å². The van der Waals surface area contributed by atoms with Crippen LogP contribution in [0.15, 0.2) is 60.0 Å². The number of aliphatic hydroxyl groups excluding tert-OH is 1. The molecule has 0 saturated carbocycles. The maximum atomic E-state index is 12.8. The summed E-state index contributed by atoms with van der Waals surface area (Å²) in [5, 5.41) is 17.3. The van der Waals surface area contributed by atoms with Crippen LogP contribution in [0.4, 0.5) is 5.13 Å². The van der Waals surface area contributed by atoms with Gasteiger partial charge in [-0.2, -0.15) is 11.8 Å². The lowest BCUT2D eigenvalue weighted by Crippen LogP contribution is -2.44. The number of nitrogens with zero attached hydrogens (tertiary/aromatic N) is 1. The Labute approximate surface area is 183 Å². The van der Waals surface area contributed by atoms with E-state index in [1.54, 1.807) is 36.0 Å². The molecule has 3 aromatic rings. The summed E-state index contributed by atoms with van der Waals surface area (Å²) in [7, 11) is 0. The van der Waals surface area contributed by atoms with Gasteiger partial charge in [-0.05, 0) is 36.1 Å². The Bertz CT molecular complexity index is 992. The molecule has 0 radical (unpaired) electrons. The van der Waals surface area contributed by atoms with Crippen LogP contribution in [0, 0.1) is 0 Å². The Hall–Kier alpha value is -2.68. The molecule has 3 rings (SSSR count).